The molecule has 4 aliphatic rings. The molecule has 2 N–H and O–H groups in total. The largest absolute Gasteiger partial charge is 0.494 e. The van der Waals surface area contributed by atoms with Gasteiger partial charge in [-0.05, 0) is 87.4 Å². The molecule has 7 unspecified atom stereocenters. The summed E-state index contributed by atoms with van der Waals surface area (Å²) >= 11 is 0. The first-order valence-corrected chi connectivity index (χ1v) is 10.9. The number of hydrogen-bond acceptors (Lipinski definition) is 3. The minimum Gasteiger partial charge on any atom is -0.494 e. The van der Waals surface area contributed by atoms with Crippen LogP contribution in [0.15, 0.2) is 12.3 Å². The number of hydrogen-bond donors (Lipinski definition) is 1. The molecule has 0 aromatic carbocycles. The Hall–Kier alpha value is -0.830. The van der Waals surface area contributed by atoms with Crippen LogP contribution in [-0.4, -0.2) is 17.9 Å². The number of Topliss-reactive ketones (excluding diaryl/α,β-unsaturated/α-hetero) is 1. The van der Waals surface area contributed by atoms with Crippen LogP contribution in [0.25, 0.3) is 0 Å². The quantitative estimate of drug-likeness (QED) is 0.733. The van der Waals surface area contributed by atoms with Crippen molar-refractivity contribution in [3.8, 4) is 0 Å². The van der Waals surface area contributed by atoms with E-state index < -0.39 is 0 Å². The Balaban J connectivity index is 1.49. The van der Waals surface area contributed by atoms with Crippen LogP contribution in [0, 0.1) is 34.5 Å². The molecule has 0 bridgehead atoms. The molecule has 3 heteroatoms. The lowest BCUT2D eigenvalue weighted by Gasteiger charge is -2.60. The second-order valence-corrected chi connectivity index (χ2v) is 10.3. The Kier molecular flexibility index (Phi) is 4.53. The average molecular weight is 360 g/mol. The van der Waals surface area contributed by atoms with Crippen molar-refractivity contribution in [2.24, 2.45) is 40.2 Å². The van der Waals surface area contributed by atoms with Gasteiger partial charge in [0.2, 0.25) is 0 Å². The third-order valence-electron chi connectivity index (χ3n) is 9.15. The van der Waals surface area contributed by atoms with Gasteiger partial charge in [0.1, 0.15) is 11.5 Å². The summed E-state index contributed by atoms with van der Waals surface area (Å²) in [6.45, 7) is 10.8. The Morgan fingerprint density at radius 1 is 1.15 bits per heavy atom. The van der Waals surface area contributed by atoms with Gasteiger partial charge in [-0.15, -0.1) is 0 Å². The van der Waals surface area contributed by atoms with E-state index in [0.717, 1.165) is 55.6 Å². The number of carbonyl (C=O) groups is 1. The third-order valence-corrected chi connectivity index (χ3v) is 9.15. The maximum Gasteiger partial charge on any atom is 0.139 e. The maximum atomic E-state index is 12.5. The molecule has 4 rings (SSSR count). The van der Waals surface area contributed by atoms with Crippen molar-refractivity contribution in [1.82, 2.24) is 0 Å². The number of ether oxygens (including phenoxy) is 1. The average Bonchev–Trinajstić information content (AvgIpc) is 2.90. The summed E-state index contributed by atoms with van der Waals surface area (Å²) in [5.74, 6) is 4.29. The minimum absolute atomic E-state index is 0.000315. The van der Waals surface area contributed by atoms with Gasteiger partial charge in [0, 0.05) is 11.8 Å². The van der Waals surface area contributed by atoms with Crippen LogP contribution in [0.2, 0.25) is 0 Å². The summed E-state index contributed by atoms with van der Waals surface area (Å²) in [5.41, 5.74) is 6.35. The summed E-state index contributed by atoms with van der Waals surface area (Å²) < 4.78 is 6.12. The Labute approximate surface area is 159 Å². The van der Waals surface area contributed by atoms with Gasteiger partial charge in [0.15, 0.2) is 0 Å². The summed E-state index contributed by atoms with van der Waals surface area (Å²) in [6, 6.07) is -0.0880. The van der Waals surface area contributed by atoms with Crippen LogP contribution in [0.1, 0.15) is 78.6 Å². The SMILES string of the molecule is C=C(OC1CCC2(C)C(CCC3C4CCC(=O)C4(C)CCC32)C1)[C@@H](C)N. The van der Waals surface area contributed by atoms with E-state index in [1.54, 1.807) is 0 Å². The number of rotatable bonds is 3. The van der Waals surface area contributed by atoms with Gasteiger partial charge in [-0.1, -0.05) is 20.4 Å². The van der Waals surface area contributed by atoms with Crippen molar-refractivity contribution in [2.45, 2.75) is 90.7 Å². The molecular weight excluding hydrogens is 322 g/mol. The molecule has 8 atom stereocenters. The van der Waals surface area contributed by atoms with Gasteiger partial charge >= 0.3 is 0 Å². The van der Waals surface area contributed by atoms with Crippen LogP contribution >= 0.6 is 0 Å². The number of fused-ring (bicyclic) bond motifs is 5. The Bertz CT molecular complexity index is 599. The standard InChI is InChI=1S/C23H37NO2/c1-14(24)15(2)26-17-9-11-22(3)16(13-17)5-6-18-19-7-8-21(25)23(19,4)12-10-20(18)22/h14,16-20H,2,5-13,24H2,1,3-4H3/t14-,16?,17?,18?,19?,20?,22?,23?/m1/s1. The van der Waals surface area contributed by atoms with Crippen molar-refractivity contribution < 1.29 is 9.53 Å². The van der Waals surface area contributed by atoms with Crippen LogP contribution in [0.5, 0.6) is 0 Å². The highest BCUT2D eigenvalue weighted by Gasteiger charge is 2.60. The normalized spacial score (nSPS) is 48.9. The van der Waals surface area contributed by atoms with E-state index in [-0.39, 0.29) is 11.5 Å². The zero-order chi connectivity index (χ0) is 18.7. The molecule has 0 aromatic rings. The highest BCUT2D eigenvalue weighted by molar-refractivity contribution is 5.87. The second-order valence-electron chi connectivity index (χ2n) is 10.3. The van der Waals surface area contributed by atoms with Crippen molar-refractivity contribution in [1.29, 1.82) is 0 Å². The molecular formula is C23H37NO2. The third kappa shape index (κ3) is 2.68. The zero-order valence-corrected chi connectivity index (χ0v) is 16.9. The first-order valence-electron chi connectivity index (χ1n) is 10.9. The lowest BCUT2D eigenvalue weighted by molar-refractivity contribution is -0.143. The topological polar surface area (TPSA) is 52.3 Å². The van der Waals surface area contributed by atoms with Gasteiger partial charge in [0.25, 0.3) is 0 Å². The Morgan fingerprint density at radius 2 is 1.92 bits per heavy atom. The van der Waals surface area contributed by atoms with Gasteiger partial charge in [-0.3, -0.25) is 4.79 Å². The fourth-order valence-corrected chi connectivity index (χ4v) is 7.42. The molecule has 0 spiro atoms. The van der Waals surface area contributed by atoms with Crippen LogP contribution in [0.3, 0.4) is 0 Å². The molecule has 0 radical (unpaired) electrons. The summed E-state index contributed by atoms with van der Waals surface area (Å²) in [4.78, 5) is 12.5. The zero-order valence-electron chi connectivity index (χ0n) is 16.9. The van der Waals surface area contributed by atoms with E-state index in [1.165, 1.54) is 25.7 Å². The van der Waals surface area contributed by atoms with Crippen molar-refractivity contribution in [3.63, 3.8) is 0 Å². The molecule has 4 fully saturated rings. The van der Waals surface area contributed by atoms with Crippen LogP contribution in [-0.2, 0) is 9.53 Å². The van der Waals surface area contributed by atoms with Gasteiger partial charge in [-0.25, -0.2) is 0 Å². The van der Waals surface area contributed by atoms with Gasteiger partial charge in [-0.2, -0.15) is 0 Å². The van der Waals surface area contributed by atoms with Gasteiger partial charge in [0.05, 0.1) is 12.1 Å². The molecule has 3 nitrogen and oxygen atoms in total. The van der Waals surface area contributed by atoms with Crippen molar-refractivity contribution >= 4 is 5.78 Å². The highest BCUT2D eigenvalue weighted by Crippen LogP contribution is 2.65. The lowest BCUT2D eigenvalue weighted by atomic mass is 9.45. The molecule has 26 heavy (non-hydrogen) atoms. The molecule has 0 aliphatic heterocycles. The second kappa shape index (κ2) is 6.36. The van der Waals surface area contributed by atoms with E-state index in [4.69, 9.17) is 10.5 Å². The van der Waals surface area contributed by atoms with E-state index in [9.17, 15) is 4.79 Å². The van der Waals surface area contributed by atoms with Crippen LogP contribution in [0.4, 0.5) is 0 Å². The number of ketones is 1. The van der Waals surface area contributed by atoms with E-state index in [2.05, 4.69) is 20.4 Å². The highest BCUT2D eigenvalue weighted by atomic mass is 16.5. The molecule has 4 aliphatic carbocycles. The van der Waals surface area contributed by atoms with Crippen molar-refractivity contribution in [3.05, 3.63) is 12.3 Å². The number of nitrogens with two attached hydrogens (primary N) is 1. The van der Waals surface area contributed by atoms with E-state index in [1.807, 2.05) is 6.92 Å². The smallest absolute Gasteiger partial charge is 0.139 e. The maximum absolute atomic E-state index is 12.5. The summed E-state index contributed by atoms with van der Waals surface area (Å²) in [6.07, 6.45) is 10.8. The fraction of sp³-hybridized carbons (Fsp3) is 0.870. The number of carbonyl (C=O) groups excluding carboxylic acids is 1. The van der Waals surface area contributed by atoms with Crippen LogP contribution < -0.4 is 5.73 Å². The molecule has 0 saturated heterocycles. The van der Waals surface area contributed by atoms with E-state index in [0.29, 0.717) is 23.2 Å². The molecule has 146 valence electrons. The Morgan fingerprint density at radius 3 is 2.65 bits per heavy atom. The summed E-state index contributed by atoms with van der Waals surface area (Å²) in [7, 11) is 0. The van der Waals surface area contributed by atoms with Crippen molar-refractivity contribution in [2.75, 3.05) is 0 Å². The predicted octanol–water partition coefficient (Wildman–Crippen LogP) is 4.84. The minimum atomic E-state index is -0.0880. The van der Waals surface area contributed by atoms with Gasteiger partial charge < -0.3 is 10.5 Å². The summed E-state index contributed by atoms with van der Waals surface area (Å²) in [5, 5.41) is 0. The van der Waals surface area contributed by atoms with E-state index >= 15 is 0 Å². The first-order chi connectivity index (χ1) is 12.3. The molecule has 0 heterocycles. The lowest BCUT2D eigenvalue weighted by Crippen LogP contribution is -2.54. The molecule has 4 saturated carbocycles. The molecule has 0 aromatic heterocycles. The predicted molar refractivity (Wildman–Crippen MR) is 104 cm³/mol. The fourth-order valence-electron chi connectivity index (χ4n) is 7.42. The first kappa shape index (κ1) is 18.5. The monoisotopic (exact) mass is 359 g/mol. The molecule has 0 amide bonds.